The van der Waals surface area contributed by atoms with Crippen LogP contribution in [0.25, 0.3) is 0 Å². The maximum absolute atomic E-state index is 11.2. The number of nitrogens with one attached hydrogen (secondary N) is 1. The highest BCUT2D eigenvalue weighted by Crippen LogP contribution is 2.44. The summed E-state index contributed by atoms with van der Waals surface area (Å²) in [6.45, 7) is 1.67. The quantitative estimate of drug-likeness (QED) is 0.732. The first-order chi connectivity index (χ1) is 9.16. The van der Waals surface area contributed by atoms with E-state index in [1.165, 1.54) is 0 Å². The molecule has 2 N–H and O–H groups in total. The van der Waals surface area contributed by atoms with Gasteiger partial charge in [-0.25, -0.2) is 0 Å². The molecule has 3 rings (SSSR count). The van der Waals surface area contributed by atoms with Gasteiger partial charge in [-0.05, 0) is 30.7 Å². The lowest BCUT2D eigenvalue weighted by Gasteiger charge is -2.24. The monoisotopic (exact) mass is 255 g/mol. The standard InChI is InChI=1S/C15H13NO3/c1-9(15(17)18)10-5-4-8-13-14(10)16-11-6-2-3-7-12(11)19-13/h2-9,16H,1H3,(H,17,18). The number of para-hydroxylation sites is 3. The molecular formula is C15H13NO3. The molecule has 1 aliphatic heterocycles. The van der Waals surface area contributed by atoms with Crippen LogP contribution in [0.4, 0.5) is 11.4 Å². The molecule has 0 fully saturated rings. The molecule has 2 aromatic carbocycles. The Morgan fingerprint density at radius 1 is 1.16 bits per heavy atom. The number of hydrogen-bond donors (Lipinski definition) is 2. The fourth-order valence-corrected chi connectivity index (χ4v) is 2.17. The first kappa shape index (κ1) is 11.6. The van der Waals surface area contributed by atoms with E-state index in [9.17, 15) is 4.79 Å². The van der Waals surface area contributed by atoms with Gasteiger partial charge in [-0.3, -0.25) is 4.79 Å². The van der Waals surface area contributed by atoms with Crippen molar-refractivity contribution in [2.45, 2.75) is 12.8 Å². The van der Waals surface area contributed by atoms with Crippen molar-refractivity contribution in [1.82, 2.24) is 0 Å². The van der Waals surface area contributed by atoms with Crippen molar-refractivity contribution in [1.29, 1.82) is 0 Å². The summed E-state index contributed by atoms with van der Waals surface area (Å²) in [5.41, 5.74) is 2.30. The fourth-order valence-electron chi connectivity index (χ4n) is 2.17. The van der Waals surface area contributed by atoms with E-state index in [0.29, 0.717) is 5.75 Å². The maximum Gasteiger partial charge on any atom is 0.310 e. The fraction of sp³-hybridized carbons (Fsp3) is 0.133. The Balaban J connectivity index is 2.08. The molecule has 4 nitrogen and oxygen atoms in total. The van der Waals surface area contributed by atoms with Gasteiger partial charge in [0.2, 0.25) is 0 Å². The van der Waals surface area contributed by atoms with Gasteiger partial charge in [0.15, 0.2) is 11.5 Å². The Morgan fingerprint density at radius 2 is 1.89 bits per heavy atom. The number of carbonyl (C=O) groups is 1. The van der Waals surface area contributed by atoms with Crippen LogP contribution in [-0.2, 0) is 4.79 Å². The van der Waals surface area contributed by atoms with Crippen LogP contribution in [0.1, 0.15) is 18.4 Å². The van der Waals surface area contributed by atoms with Crippen LogP contribution in [0, 0.1) is 0 Å². The Hall–Kier alpha value is -2.49. The van der Waals surface area contributed by atoms with Gasteiger partial charge in [0.1, 0.15) is 0 Å². The Morgan fingerprint density at radius 3 is 2.68 bits per heavy atom. The largest absolute Gasteiger partial charge is 0.481 e. The third-order valence-corrected chi connectivity index (χ3v) is 3.26. The average Bonchev–Trinajstić information content (AvgIpc) is 2.43. The topological polar surface area (TPSA) is 58.6 Å². The highest BCUT2D eigenvalue weighted by molar-refractivity contribution is 5.84. The summed E-state index contributed by atoms with van der Waals surface area (Å²) in [5.74, 6) is -0.0372. The molecule has 1 heterocycles. The molecule has 0 aromatic heterocycles. The number of fused-ring (bicyclic) bond motifs is 2. The summed E-state index contributed by atoms with van der Waals surface area (Å²) < 4.78 is 5.79. The van der Waals surface area contributed by atoms with Gasteiger partial charge >= 0.3 is 5.97 Å². The van der Waals surface area contributed by atoms with Crippen LogP contribution >= 0.6 is 0 Å². The molecule has 0 amide bonds. The molecule has 0 bridgehead atoms. The highest BCUT2D eigenvalue weighted by atomic mass is 16.5. The summed E-state index contributed by atoms with van der Waals surface area (Å²) in [6.07, 6.45) is 0. The van der Waals surface area contributed by atoms with Gasteiger partial charge in [0.25, 0.3) is 0 Å². The van der Waals surface area contributed by atoms with Gasteiger partial charge in [-0.15, -0.1) is 0 Å². The smallest absolute Gasteiger partial charge is 0.310 e. The van der Waals surface area contributed by atoms with Gasteiger partial charge < -0.3 is 15.2 Å². The number of benzene rings is 2. The number of anilines is 2. The molecule has 19 heavy (non-hydrogen) atoms. The normalized spacial score (nSPS) is 13.5. The van der Waals surface area contributed by atoms with E-state index in [1.807, 2.05) is 42.5 Å². The summed E-state index contributed by atoms with van der Waals surface area (Å²) in [5, 5.41) is 12.4. The number of rotatable bonds is 2. The number of aliphatic carboxylic acids is 1. The Bertz CT molecular complexity index is 652. The zero-order valence-corrected chi connectivity index (χ0v) is 10.4. The molecule has 0 spiro atoms. The van der Waals surface area contributed by atoms with Crippen molar-refractivity contribution in [3.05, 3.63) is 48.0 Å². The van der Waals surface area contributed by atoms with E-state index in [2.05, 4.69) is 5.32 Å². The predicted octanol–water partition coefficient (Wildman–Crippen LogP) is 3.72. The summed E-state index contributed by atoms with van der Waals surface area (Å²) >= 11 is 0. The van der Waals surface area contributed by atoms with Gasteiger partial charge in [-0.1, -0.05) is 24.3 Å². The highest BCUT2D eigenvalue weighted by Gasteiger charge is 2.24. The zero-order chi connectivity index (χ0) is 13.4. The van der Waals surface area contributed by atoms with Crippen molar-refractivity contribution in [3.63, 3.8) is 0 Å². The number of carboxylic acids is 1. The van der Waals surface area contributed by atoms with Gasteiger partial charge in [0.05, 0.1) is 17.3 Å². The molecule has 2 aromatic rings. The van der Waals surface area contributed by atoms with Crippen molar-refractivity contribution >= 4 is 17.3 Å². The molecule has 0 radical (unpaired) electrons. The summed E-state index contributed by atoms with van der Waals surface area (Å²) in [6, 6.07) is 13.0. The van der Waals surface area contributed by atoms with Crippen molar-refractivity contribution < 1.29 is 14.6 Å². The van der Waals surface area contributed by atoms with E-state index in [1.54, 1.807) is 6.92 Å². The van der Waals surface area contributed by atoms with E-state index >= 15 is 0 Å². The zero-order valence-electron chi connectivity index (χ0n) is 10.4. The molecule has 1 unspecified atom stereocenters. The van der Waals surface area contributed by atoms with E-state index < -0.39 is 11.9 Å². The Kier molecular flexibility index (Phi) is 2.63. The van der Waals surface area contributed by atoms with Crippen LogP contribution in [0.2, 0.25) is 0 Å². The van der Waals surface area contributed by atoms with Crippen molar-refractivity contribution in [3.8, 4) is 11.5 Å². The predicted molar refractivity (Wildman–Crippen MR) is 72.3 cm³/mol. The lowest BCUT2D eigenvalue weighted by atomic mass is 9.98. The lowest BCUT2D eigenvalue weighted by Crippen LogP contribution is -2.12. The third-order valence-electron chi connectivity index (χ3n) is 3.26. The number of ether oxygens (including phenoxy) is 1. The SMILES string of the molecule is CC(C(=O)O)c1cccc2c1Nc1ccccc1O2. The minimum Gasteiger partial charge on any atom is -0.481 e. The van der Waals surface area contributed by atoms with Crippen LogP contribution in [0.3, 0.4) is 0 Å². The van der Waals surface area contributed by atoms with Gasteiger partial charge in [-0.2, -0.15) is 0 Å². The Labute approximate surface area is 110 Å². The first-order valence-corrected chi connectivity index (χ1v) is 6.06. The minimum absolute atomic E-state index is 0.587. The molecule has 0 aliphatic carbocycles. The summed E-state index contributed by atoms with van der Waals surface area (Å²) in [7, 11) is 0. The second-order valence-corrected chi connectivity index (χ2v) is 4.50. The minimum atomic E-state index is -0.853. The number of carboxylic acid groups (broad SMARTS) is 1. The second-order valence-electron chi connectivity index (χ2n) is 4.50. The summed E-state index contributed by atoms with van der Waals surface area (Å²) in [4.78, 5) is 11.2. The lowest BCUT2D eigenvalue weighted by molar-refractivity contribution is -0.138. The second kappa shape index (κ2) is 4.31. The van der Waals surface area contributed by atoms with E-state index in [0.717, 1.165) is 22.7 Å². The maximum atomic E-state index is 11.2. The average molecular weight is 255 g/mol. The first-order valence-electron chi connectivity index (χ1n) is 6.06. The molecule has 1 aliphatic rings. The molecule has 1 atom stereocenters. The molecular weight excluding hydrogens is 242 g/mol. The van der Waals surface area contributed by atoms with Crippen molar-refractivity contribution in [2.24, 2.45) is 0 Å². The molecule has 96 valence electrons. The van der Waals surface area contributed by atoms with Crippen LogP contribution in [0.15, 0.2) is 42.5 Å². The van der Waals surface area contributed by atoms with E-state index in [4.69, 9.17) is 9.84 Å². The molecule has 0 saturated carbocycles. The number of hydrogen-bond acceptors (Lipinski definition) is 3. The van der Waals surface area contributed by atoms with Gasteiger partial charge in [0, 0.05) is 0 Å². The third kappa shape index (κ3) is 1.91. The van der Waals surface area contributed by atoms with E-state index in [-0.39, 0.29) is 0 Å². The van der Waals surface area contributed by atoms with Crippen LogP contribution in [0.5, 0.6) is 11.5 Å². The van der Waals surface area contributed by atoms with Crippen LogP contribution < -0.4 is 10.1 Å². The molecule has 4 heteroatoms. The van der Waals surface area contributed by atoms with Crippen LogP contribution in [-0.4, -0.2) is 11.1 Å². The van der Waals surface area contributed by atoms with Crippen molar-refractivity contribution in [2.75, 3.05) is 5.32 Å². The molecule has 0 saturated heterocycles.